The molecule has 0 aliphatic carbocycles. The molecule has 128 valence electrons. The minimum absolute atomic E-state index is 0.155. The molecule has 6 nitrogen and oxygen atoms in total. The molecule has 1 aliphatic rings. The van der Waals surface area contributed by atoms with Gasteiger partial charge in [0.25, 0.3) is 5.91 Å². The number of carbonyl (C=O) groups is 3. The molecule has 1 saturated heterocycles. The molecular weight excluding hydrogens is 296 g/mol. The van der Waals surface area contributed by atoms with Gasteiger partial charge in [0.1, 0.15) is 5.54 Å². The highest BCUT2D eigenvalue weighted by molar-refractivity contribution is 5.99. The highest BCUT2D eigenvalue weighted by Crippen LogP contribution is 2.21. The van der Waals surface area contributed by atoms with Crippen molar-refractivity contribution in [2.75, 3.05) is 19.7 Å². The number of carbonyl (C=O) groups excluding carboxylic acids is 3. The molecule has 0 unspecified atom stereocenters. The third kappa shape index (κ3) is 4.94. The molecule has 0 bridgehead atoms. The van der Waals surface area contributed by atoms with Gasteiger partial charge < -0.3 is 15.0 Å². The normalized spacial score (nSPS) is 15.7. The van der Waals surface area contributed by atoms with Crippen LogP contribution in [-0.2, 0) is 19.1 Å². The van der Waals surface area contributed by atoms with Crippen LogP contribution >= 0.6 is 0 Å². The van der Waals surface area contributed by atoms with E-state index in [2.05, 4.69) is 18.5 Å². The first-order valence-electron chi connectivity index (χ1n) is 7.82. The lowest BCUT2D eigenvalue weighted by atomic mass is 9.94. The average molecular weight is 322 g/mol. The summed E-state index contributed by atoms with van der Waals surface area (Å²) in [4.78, 5) is 37.9. The Balaban J connectivity index is 2.61. The molecular formula is C17H26N2O4. The third-order valence-electron chi connectivity index (χ3n) is 3.90. The molecule has 1 fully saturated rings. The van der Waals surface area contributed by atoms with E-state index in [4.69, 9.17) is 4.74 Å². The molecule has 0 aromatic carbocycles. The first kappa shape index (κ1) is 18.9. The van der Waals surface area contributed by atoms with E-state index in [0.717, 1.165) is 0 Å². The van der Waals surface area contributed by atoms with Crippen molar-refractivity contribution >= 4 is 17.8 Å². The van der Waals surface area contributed by atoms with Gasteiger partial charge in [0.15, 0.2) is 0 Å². The van der Waals surface area contributed by atoms with Gasteiger partial charge in [0.05, 0.1) is 12.5 Å². The standard InChI is InChI=1S/C17H26N2O4/c1-6-12(3)14(20)18-17(4,5)16(22)19-10-8-13(9-11-19)15(21)23-7-2/h6,13H,1,3,7-11H2,2,4-5H3,(H,18,20). The van der Waals surface area contributed by atoms with Crippen LogP contribution in [0.5, 0.6) is 0 Å². The van der Waals surface area contributed by atoms with E-state index in [-0.39, 0.29) is 23.4 Å². The number of nitrogens with zero attached hydrogens (tertiary/aromatic N) is 1. The number of likely N-dealkylation sites (tertiary alicyclic amines) is 1. The smallest absolute Gasteiger partial charge is 0.309 e. The number of piperidine rings is 1. The SMILES string of the molecule is C=CC(=C)C(=O)NC(C)(C)C(=O)N1CCC(C(=O)OCC)CC1. The lowest BCUT2D eigenvalue weighted by Crippen LogP contribution is -2.57. The second kappa shape index (κ2) is 7.94. The van der Waals surface area contributed by atoms with Crippen molar-refractivity contribution in [1.82, 2.24) is 10.2 Å². The Morgan fingerprint density at radius 2 is 1.87 bits per heavy atom. The molecule has 0 radical (unpaired) electrons. The fourth-order valence-electron chi connectivity index (χ4n) is 2.48. The maximum Gasteiger partial charge on any atom is 0.309 e. The largest absolute Gasteiger partial charge is 0.466 e. The number of hydrogen-bond acceptors (Lipinski definition) is 4. The highest BCUT2D eigenvalue weighted by Gasteiger charge is 2.36. The number of nitrogens with one attached hydrogen (secondary N) is 1. The molecule has 1 heterocycles. The summed E-state index contributed by atoms with van der Waals surface area (Å²) >= 11 is 0. The maximum absolute atomic E-state index is 12.6. The Bertz CT molecular complexity index is 503. The zero-order valence-corrected chi connectivity index (χ0v) is 14.2. The quantitative estimate of drug-likeness (QED) is 0.456. The summed E-state index contributed by atoms with van der Waals surface area (Å²) in [6.07, 6.45) is 2.50. The summed E-state index contributed by atoms with van der Waals surface area (Å²) in [5.41, 5.74) is -0.827. The van der Waals surface area contributed by atoms with Crippen LogP contribution in [0, 0.1) is 5.92 Å². The minimum atomic E-state index is -1.04. The summed E-state index contributed by atoms with van der Waals surface area (Å²) in [7, 11) is 0. The number of amides is 2. The Morgan fingerprint density at radius 3 is 2.35 bits per heavy atom. The lowest BCUT2D eigenvalue weighted by Gasteiger charge is -2.36. The van der Waals surface area contributed by atoms with Crippen LogP contribution < -0.4 is 5.32 Å². The minimum Gasteiger partial charge on any atom is -0.466 e. The van der Waals surface area contributed by atoms with E-state index in [9.17, 15) is 14.4 Å². The van der Waals surface area contributed by atoms with Crippen molar-refractivity contribution in [2.45, 2.75) is 39.2 Å². The Morgan fingerprint density at radius 1 is 1.30 bits per heavy atom. The lowest BCUT2D eigenvalue weighted by molar-refractivity contribution is -0.152. The summed E-state index contributed by atoms with van der Waals surface area (Å²) in [6.45, 7) is 13.5. The monoisotopic (exact) mass is 322 g/mol. The van der Waals surface area contributed by atoms with E-state index in [0.29, 0.717) is 32.5 Å². The zero-order valence-electron chi connectivity index (χ0n) is 14.2. The van der Waals surface area contributed by atoms with Gasteiger partial charge in [0, 0.05) is 18.7 Å². The van der Waals surface area contributed by atoms with Crippen LogP contribution in [0.15, 0.2) is 24.8 Å². The second-order valence-electron chi connectivity index (χ2n) is 6.13. The van der Waals surface area contributed by atoms with Crippen LogP contribution in [0.4, 0.5) is 0 Å². The number of esters is 1. The Hall–Kier alpha value is -2.11. The van der Waals surface area contributed by atoms with Crippen LogP contribution in [0.25, 0.3) is 0 Å². The van der Waals surface area contributed by atoms with Crippen molar-refractivity contribution in [1.29, 1.82) is 0 Å². The second-order valence-corrected chi connectivity index (χ2v) is 6.13. The topological polar surface area (TPSA) is 75.7 Å². The van der Waals surface area contributed by atoms with Gasteiger partial charge in [-0.05, 0) is 33.6 Å². The fourth-order valence-corrected chi connectivity index (χ4v) is 2.48. The van der Waals surface area contributed by atoms with Crippen molar-refractivity contribution in [2.24, 2.45) is 5.92 Å². The molecule has 1 rings (SSSR count). The summed E-state index contributed by atoms with van der Waals surface area (Å²) < 4.78 is 5.02. The van der Waals surface area contributed by atoms with Gasteiger partial charge in [-0.2, -0.15) is 0 Å². The number of hydrogen-bond donors (Lipinski definition) is 1. The van der Waals surface area contributed by atoms with Crippen LogP contribution in [0.1, 0.15) is 33.6 Å². The predicted molar refractivity (Wildman–Crippen MR) is 87.5 cm³/mol. The maximum atomic E-state index is 12.6. The van der Waals surface area contributed by atoms with Gasteiger partial charge in [-0.25, -0.2) is 0 Å². The molecule has 0 saturated carbocycles. The first-order chi connectivity index (χ1) is 10.7. The van der Waals surface area contributed by atoms with E-state index in [1.54, 1.807) is 25.7 Å². The average Bonchev–Trinajstić information content (AvgIpc) is 2.53. The molecule has 1 N–H and O–H groups in total. The van der Waals surface area contributed by atoms with Crippen LogP contribution in [0.3, 0.4) is 0 Å². The molecule has 0 atom stereocenters. The van der Waals surface area contributed by atoms with Crippen molar-refractivity contribution < 1.29 is 19.1 Å². The van der Waals surface area contributed by atoms with E-state index in [1.165, 1.54) is 6.08 Å². The fraction of sp³-hybridized carbons (Fsp3) is 0.588. The van der Waals surface area contributed by atoms with Gasteiger partial charge in [-0.1, -0.05) is 19.2 Å². The van der Waals surface area contributed by atoms with Gasteiger partial charge in [0.2, 0.25) is 5.91 Å². The number of rotatable bonds is 6. The molecule has 0 aromatic rings. The van der Waals surface area contributed by atoms with Crippen molar-refractivity contribution in [3.63, 3.8) is 0 Å². The van der Waals surface area contributed by atoms with Gasteiger partial charge in [-0.15, -0.1) is 0 Å². The van der Waals surface area contributed by atoms with Crippen molar-refractivity contribution in [3.8, 4) is 0 Å². The van der Waals surface area contributed by atoms with E-state index < -0.39 is 11.4 Å². The zero-order chi connectivity index (χ0) is 17.6. The summed E-state index contributed by atoms with van der Waals surface area (Å²) in [6, 6.07) is 0. The van der Waals surface area contributed by atoms with Crippen LogP contribution in [0.2, 0.25) is 0 Å². The van der Waals surface area contributed by atoms with Gasteiger partial charge >= 0.3 is 5.97 Å². The third-order valence-corrected chi connectivity index (χ3v) is 3.90. The first-order valence-corrected chi connectivity index (χ1v) is 7.82. The van der Waals surface area contributed by atoms with Crippen molar-refractivity contribution in [3.05, 3.63) is 24.8 Å². The summed E-state index contributed by atoms with van der Waals surface area (Å²) in [5, 5.41) is 2.67. The molecule has 0 aromatic heterocycles. The van der Waals surface area contributed by atoms with Crippen LogP contribution in [-0.4, -0.2) is 47.9 Å². The molecule has 1 aliphatic heterocycles. The highest BCUT2D eigenvalue weighted by atomic mass is 16.5. The molecule has 2 amide bonds. The molecule has 0 spiro atoms. The molecule has 23 heavy (non-hydrogen) atoms. The Kier molecular flexibility index (Phi) is 6.54. The van der Waals surface area contributed by atoms with Gasteiger partial charge in [-0.3, -0.25) is 14.4 Å². The summed E-state index contributed by atoms with van der Waals surface area (Å²) in [5.74, 6) is -0.948. The van der Waals surface area contributed by atoms with E-state index >= 15 is 0 Å². The molecule has 6 heteroatoms. The predicted octanol–water partition coefficient (Wildman–Crippen LogP) is 1.43. The Labute approximate surface area is 137 Å². The van der Waals surface area contributed by atoms with E-state index in [1.807, 2.05) is 0 Å². The number of ether oxygens (including phenoxy) is 1.